The van der Waals surface area contributed by atoms with E-state index in [0.717, 1.165) is 0 Å². The first kappa shape index (κ1) is 17.0. The molecule has 2 rings (SSSR count). The molecule has 23 heavy (non-hydrogen) atoms. The van der Waals surface area contributed by atoms with E-state index in [1.807, 2.05) is 20.8 Å². The predicted molar refractivity (Wildman–Crippen MR) is 86.7 cm³/mol. The number of ether oxygens (including phenoxy) is 1. The summed E-state index contributed by atoms with van der Waals surface area (Å²) < 4.78 is 5.37. The van der Waals surface area contributed by atoms with E-state index in [1.54, 1.807) is 18.2 Å². The standard InChI is InChI=1S/C17H22N2O4/c1-10(2)11(3)18-16(21)8-19-14-7-13(12(4)20)5-6-15(14)23-9-17(19)22/h5-7,10-11H,8-9H2,1-4H3,(H,18,21)/t11-/m0/s1. The molecule has 0 fully saturated rings. The maximum Gasteiger partial charge on any atom is 0.265 e. The maximum absolute atomic E-state index is 12.2. The highest BCUT2D eigenvalue weighted by molar-refractivity contribution is 6.04. The summed E-state index contributed by atoms with van der Waals surface area (Å²) in [6, 6.07) is 4.91. The average molecular weight is 318 g/mol. The van der Waals surface area contributed by atoms with Crippen molar-refractivity contribution >= 4 is 23.3 Å². The fraction of sp³-hybridized carbons (Fsp3) is 0.471. The van der Waals surface area contributed by atoms with Crippen molar-refractivity contribution in [2.75, 3.05) is 18.1 Å². The molecule has 0 saturated heterocycles. The lowest BCUT2D eigenvalue weighted by Gasteiger charge is -2.30. The highest BCUT2D eigenvalue weighted by Crippen LogP contribution is 2.33. The first-order chi connectivity index (χ1) is 10.8. The fourth-order valence-corrected chi connectivity index (χ4v) is 2.20. The Hall–Kier alpha value is -2.37. The van der Waals surface area contributed by atoms with Gasteiger partial charge in [-0.2, -0.15) is 0 Å². The molecule has 1 aliphatic heterocycles. The largest absolute Gasteiger partial charge is 0.482 e. The van der Waals surface area contributed by atoms with Gasteiger partial charge in [0.2, 0.25) is 5.91 Å². The molecule has 0 unspecified atom stereocenters. The molecule has 0 radical (unpaired) electrons. The first-order valence-electron chi connectivity index (χ1n) is 7.67. The zero-order valence-corrected chi connectivity index (χ0v) is 13.9. The van der Waals surface area contributed by atoms with E-state index in [0.29, 0.717) is 22.9 Å². The lowest BCUT2D eigenvalue weighted by molar-refractivity contribution is -0.125. The minimum atomic E-state index is -0.300. The molecule has 6 nitrogen and oxygen atoms in total. The third-order valence-corrected chi connectivity index (χ3v) is 4.00. The van der Waals surface area contributed by atoms with E-state index in [2.05, 4.69) is 5.32 Å². The Morgan fingerprint density at radius 1 is 1.30 bits per heavy atom. The molecule has 0 spiro atoms. The lowest BCUT2D eigenvalue weighted by Crippen LogP contribution is -2.47. The minimum absolute atomic E-state index is 0.0154. The van der Waals surface area contributed by atoms with Crippen LogP contribution in [0.2, 0.25) is 0 Å². The van der Waals surface area contributed by atoms with Crippen LogP contribution in [0.4, 0.5) is 5.69 Å². The number of fused-ring (bicyclic) bond motifs is 1. The van der Waals surface area contributed by atoms with Crippen LogP contribution in [0.5, 0.6) is 5.75 Å². The molecule has 1 atom stereocenters. The van der Waals surface area contributed by atoms with Gasteiger partial charge in [0.1, 0.15) is 12.3 Å². The molecule has 1 heterocycles. The average Bonchev–Trinajstić information content (AvgIpc) is 2.49. The van der Waals surface area contributed by atoms with Crippen molar-refractivity contribution in [3.05, 3.63) is 23.8 Å². The van der Waals surface area contributed by atoms with E-state index in [4.69, 9.17) is 4.74 Å². The number of nitrogens with zero attached hydrogens (tertiary/aromatic N) is 1. The van der Waals surface area contributed by atoms with Crippen LogP contribution < -0.4 is 15.0 Å². The van der Waals surface area contributed by atoms with Gasteiger partial charge >= 0.3 is 0 Å². The van der Waals surface area contributed by atoms with Gasteiger partial charge in [0, 0.05) is 11.6 Å². The molecule has 124 valence electrons. The fourth-order valence-electron chi connectivity index (χ4n) is 2.20. The van der Waals surface area contributed by atoms with Crippen LogP contribution in [0.15, 0.2) is 18.2 Å². The molecule has 0 saturated carbocycles. The number of rotatable bonds is 5. The number of anilines is 1. The molecule has 1 aromatic rings. The molecule has 1 aromatic carbocycles. The van der Waals surface area contributed by atoms with Gasteiger partial charge in [-0.25, -0.2) is 0 Å². The maximum atomic E-state index is 12.2. The van der Waals surface area contributed by atoms with Gasteiger partial charge in [-0.15, -0.1) is 0 Å². The molecule has 1 aliphatic rings. The summed E-state index contributed by atoms with van der Waals surface area (Å²) in [5.41, 5.74) is 0.935. The molecular weight excluding hydrogens is 296 g/mol. The summed E-state index contributed by atoms with van der Waals surface area (Å²) in [5.74, 6) is 0.157. The van der Waals surface area contributed by atoms with E-state index < -0.39 is 0 Å². The Morgan fingerprint density at radius 3 is 2.61 bits per heavy atom. The smallest absolute Gasteiger partial charge is 0.265 e. The lowest BCUT2D eigenvalue weighted by atomic mass is 10.1. The number of hydrogen-bond donors (Lipinski definition) is 1. The van der Waals surface area contributed by atoms with E-state index in [-0.39, 0.29) is 36.8 Å². The summed E-state index contributed by atoms with van der Waals surface area (Å²) >= 11 is 0. The molecule has 0 aromatic heterocycles. The van der Waals surface area contributed by atoms with Gasteiger partial charge in [-0.1, -0.05) is 13.8 Å². The quantitative estimate of drug-likeness (QED) is 0.840. The van der Waals surface area contributed by atoms with Crippen LogP contribution in [-0.4, -0.2) is 36.8 Å². The first-order valence-corrected chi connectivity index (χ1v) is 7.67. The number of carbonyl (C=O) groups excluding carboxylic acids is 3. The van der Waals surface area contributed by atoms with Crippen molar-refractivity contribution in [3.8, 4) is 5.75 Å². The van der Waals surface area contributed by atoms with Crippen molar-refractivity contribution < 1.29 is 19.1 Å². The van der Waals surface area contributed by atoms with E-state index in [9.17, 15) is 14.4 Å². The zero-order valence-electron chi connectivity index (χ0n) is 13.9. The van der Waals surface area contributed by atoms with Gasteiger partial charge in [-0.05, 0) is 38.0 Å². The second kappa shape index (κ2) is 6.81. The monoisotopic (exact) mass is 318 g/mol. The van der Waals surface area contributed by atoms with Crippen LogP contribution in [-0.2, 0) is 9.59 Å². The summed E-state index contributed by atoms with van der Waals surface area (Å²) in [4.78, 5) is 37.2. The van der Waals surface area contributed by atoms with Crippen molar-refractivity contribution in [2.45, 2.75) is 33.7 Å². The van der Waals surface area contributed by atoms with Crippen LogP contribution in [0.3, 0.4) is 0 Å². The topological polar surface area (TPSA) is 75.7 Å². The minimum Gasteiger partial charge on any atom is -0.482 e. The van der Waals surface area contributed by atoms with Gasteiger partial charge in [0.05, 0.1) is 5.69 Å². The van der Waals surface area contributed by atoms with Crippen LogP contribution in [0.25, 0.3) is 0 Å². The van der Waals surface area contributed by atoms with E-state index >= 15 is 0 Å². The number of nitrogens with one attached hydrogen (secondary N) is 1. The van der Waals surface area contributed by atoms with Gasteiger partial charge < -0.3 is 10.1 Å². The normalized spacial score (nSPS) is 15.0. The van der Waals surface area contributed by atoms with Crippen LogP contribution in [0, 0.1) is 5.92 Å². The number of benzene rings is 1. The van der Waals surface area contributed by atoms with E-state index in [1.165, 1.54) is 11.8 Å². The number of amides is 2. The summed E-state index contributed by atoms with van der Waals surface area (Å²) in [6.07, 6.45) is 0. The van der Waals surface area contributed by atoms with Crippen molar-refractivity contribution in [1.29, 1.82) is 0 Å². The summed E-state index contributed by atoms with van der Waals surface area (Å²) in [5, 5.41) is 2.87. The summed E-state index contributed by atoms with van der Waals surface area (Å²) in [7, 11) is 0. The molecular formula is C17H22N2O4. The zero-order chi connectivity index (χ0) is 17.1. The highest BCUT2D eigenvalue weighted by atomic mass is 16.5. The third kappa shape index (κ3) is 3.88. The Balaban J connectivity index is 2.22. The molecule has 1 N–H and O–H groups in total. The Labute approximate surface area is 135 Å². The van der Waals surface area contributed by atoms with Gasteiger partial charge in [0.25, 0.3) is 5.91 Å². The highest BCUT2D eigenvalue weighted by Gasteiger charge is 2.28. The summed E-state index contributed by atoms with van der Waals surface area (Å²) in [6.45, 7) is 7.20. The SMILES string of the molecule is CC(=O)c1ccc2c(c1)N(CC(=O)N[C@@H](C)C(C)C)C(=O)CO2. The van der Waals surface area contributed by atoms with Gasteiger partial charge in [0.15, 0.2) is 12.4 Å². The van der Waals surface area contributed by atoms with Crippen molar-refractivity contribution in [3.63, 3.8) is 0 Å². The number of Topliss-reactive ketones (excluding diaryl/α,β-unsaturated/α-hetero) is 1. The van der Waals surface area contributed by atoms with Gasteiger partial charge in [-0.3, -0.25) is 19.3 Å². The number of ketones is 1. The number of carbonyl (C=O) groups is 3. The molecule has 0 bridgehead atoms. The second-order valence-electron chi connectivity index (χ2n) is 6.11. The van der Waals surface area contributed by atoms with Crippen molar-refractivity contribution in [1.82, 2.24) is 5.32 Å². The third-order valence-electron chi connectivity index (χ3n) is 4.00. The molecule has 0 aliphatic carbocycles. The van der Waals surface area contributed by atoms with Crippen molar-refractivity contribution in [2.24, 2.45) is 5.92 Å². The predicted octanol–water partition coefficient (Wildman–Crippen LogP) is 1.78. The number of hydrogen-bond acceptors (Lipinski definition) is 4. The molecule has 2 amide bonds. The Bertz CT molecular complexity index is 639. The van der Waals surface area contributed by atoms with Crippen LogP contribution >= 0.6 is 0 Å². The van der Waals surface area contributed by atoms with Crippen LogP contribution in [0.1, 0.15) is 38.1 Å². The Kier molecular flexibility index (Phi) is 5.03. The second-order valence-corrected chi connectivity index (χ2v) is 6.11. The molecule has 6 heteroatoms. The Morgan fingerprint density at radius 2 is 2.00 bits per heavy atom.